The molecule has 1 N–H and O–H groups in total. The van der Waals surface area contributed by atoms with Crippen LogP contribution in [-0.4, -0.2) is 36.1 Å². The van der Waals surface area contributed by atoms with Crippen molar-refractivity contribution in [3.8, 4) is 0 Å². The fraction of sp³-hybridized carbons (Fsp3) is 0.471. The SMILES string of the molecule is Cl.Cl.Clc1nc2ccccc2cc1[C@H](C1CC1)N1CCNCC1. The molecule has 1 saturated carbocycles. The Kier molecular flexibility index (Phi) is 6.52. The summed E-state index contributed by atoms with van der Waals surface area (Å²) in [6, 6.07) is 10.9. The third-order valence-corrected chi connectivity index (χ3v) is 4.94. The molecule has 126 valence electrons. The zero-order chi connectivity index (χ0) is 14.2. The van der Waals surface area contributed by atoms with Gasteiger partial charge in [-0.15, -0.1) is 24.8 Å². The number of nitrogens with one attached hydrogen (secondary N) is 1. The van der Waals surface area contributed by atoms with Gasteiger partial charge in [-0.05, 0) is 30.9 Å². The van der Waals surface area contributed by atoms with E-state index >= 15 is 0 Å². The van der Waals surface area contributed by atoms with Crippen LogP contribution in [0, 0.1) is 5.92 Å². The molecule has 4 rings (SSSR count). The second-order valence-electron chi connectivity index (χ2n) is 6.13. The molecule has 2 aromatic rings. The first-order chi connectivity index (χ1) is 10.3. The number of benzene rings is 1. The van der Waals surface area contributed by atoms with Crippen LogP contribution in [0.3, 0.4) is 0 Å². The molecule has 1 aliphatic carbocycles. The van der Waals surface area contributed by atoms with Gasteiger partial charge in [0.2, 0.25) is 0 Å². The molecule has 0 radical (unpaired) electrons. The van der Waals surface area contributed by atoms with Crippen molar-refractivity contribution in [1.29, 1.82) is 0 Å². The molecule has 3 nitrogen and oxygen atoms in total. The van der Waals surface area contributed by atoms with Gasteiger partial charge in [0, 0.05) is 43.2 Å². The van der Waals surface area contributed by atoms with Gasteiger partial charge >= 0.3 is 0 Å². The minimum atomic E-state index is 0. The summed E-state index contributed by atoms with van der Waals surface area (Å²) < 4.78 is 0. The third-order valence-electron chi connectivity index (χ3n) is 4.64. The second kappa shape index (κ2) is 8.00. The molecule has 2 heterocycles. The summed E-state index contributed by atoms with van der Waals surface area (Å²) in [7, 11) is 0. The van der Waals surface area contributed by atoms with Gasteiger partial charge in [0.15, 0.2) is 0 Å². The highest BCUT2D eigenvalue weighted by Crippen LogP contribution is 2.46. The Morgan fingerprint density at radius 1 is 1.13 bits per heavy atom. The molecule has 23 heavy (non-hydrogen) atoms. The van der Waals surface area contributed by atoms with E-state index in [2.05, 4.69) is 33.4 Å². The monoisotopic (exact) mass is 373 g/mol. The van der Waals surface area contributed by atoms with Gasteiger partial charge in [0.25, 0.3) is 0 Å². The van der Waals surface area contributed by atoms with Crippen LogP contribution in [0.25, 0.3) is 10.9 Å². The summed E-state index contributed by atoms with van der Waals surface area (Å²) >= 11 is 6.54. The highest BCUT2D eigenvalue weighted by atomic mass is 35.5. The fourth-order valence-electron chi connectivity index (χ4n) is 3.44. The van der Waals surface area contributed by atoms with Crippen molar-refractivity contribution in [2.45, 2.75) is 18.9 Å². The van der Waals surface area contributed by atoms with Crippen molar-refractivity contribution < 1.29 is 0 Å². The Bertz CT molecular complexity index is 655. The Morgan fingerprint density at radius 3 is 2.52 bits per heavy atom. The maximum absolute atomic E-state index is 6.54. The molecule has 6 heteroatoms. The van der Waals surface area contributed by atoms with Crippen LogP contribution >= 0.6 is 36.4 Å². The van der Waals surface area contributed by atoms with Gasteiger partial charge in [-0.25, -0.2) is 4.98 Å². The van der Waals surface area contributed by atoms with E-state index in [0.717, 1.165) is 37.6 Å². The molecule has 0 unspecified atom stereocenters. The quantitative estimate of drug-likeness (QED) is 0.820. The third kappa shape index (κ3) is 3.92. The molecule has 2 aliphatic rings. The van der Waals surface area contributed by atoms with E-state index < -0.39 is 0 Å². The van der Waals surface area contributed by atoms with E-state index in [1.807, 2.05) is 12.1 Å². The van der Waals surface area contributed by atoms with Crippen LogP contribution in [0.2, 0.25) is 5.15 Å². The molecule has 0 bridgehead atoms. The number of fused-ring (bicyclic) bond motifs is 1. The van der Waals surface area contributed by atoms with Crippen LogP contribution in [0.5, 0.6) is 0 Å². The maximum Gasteiger partial charge on any atom is 0.134 e. The molecule has 1 saturated heterocycles. The van der Waals surface area contributed by atoms with Crippen molar-refractivity contribution in [2.75, 3.05) is 26.2 Å². The Balaban J connectivity index is 0.000000960. The van der Waals surface area contributed by atoms with Crippen molar-refractivity contribution in [3.05, 3.63) is 41.0 Å². The molecule has 0 amide bonds. The van der Waals surface area contributed by atoms with Gasteiger partial charge in [-0.2, -0.15) is 0 Å². The van der Waals surface area contributed by atoms with Crippen LogP contribution in [-0.2, 0) is 0 Å². The van der Waals surface area contributed by atoms with Gasteiger partial charge < -0.3 is 5.32 Å². The average molecular weight is 375 g/mol. The lowest BCUT2D eigenvalue weighted by atomic mass is 9.99. The first-order valence-corrected chi connectivity index (χ1v) is 8.21. The number of halogens is 3. The van der Waals surface area contributed by atoms with Crippen LogP contribution in [0.1, 0.15) is 24.4 Å². The summed E-state index contributed by atoms with van der Waals surface area (Å²) in [6.07, 6.45) is 2.63. The van der Waals surface area contributed by atoms with Crippen molar-refractivity contribution in [1.82, 2.24) is 15.2 Å². The van der Waals surface area contributed by atoms with Crippen molar-refractivity contribution in [2.24, 2.45) is 5.92 Å². The standard InChI is InChI=1S/C17H20ClN3.2ClH/c18-17-14(11-13-3-1-2-4-15(13)20-17)16(12-5-6-12)21-9-7-19-8-10-21;;/h1-4,11-12,16,19H,5-10H2;2*1H/t16-;;/m0../s1. The first kappa shape index (κ1) is 18.8. The molecule has 1 aliphatic heterocycles. The van der Waals surface area contributed by atoms with Crippen LogP contribution in [0.4, 0.5) is 0 Å². The van der Waals surface area contributed by atoms with Gasteiger partial charge in [-0.1, -0.05) is 29.8 Å². The Hall–Kier alpha value is -0.580. The summed E-state index contributed by atoms with van der Waals surface area (Å²) in [5.74, 6) is 0.753. The summed E-state index contributed by atoms with van der Waals surface area (Å²) in [5, 5.41) is 5.31. The molecular formula is C17H22Cl3N3. The molecular weight excluding hydrogens is 353 g/mol. The number of pyridine rings is 1. The van der Waals surface area contributed by atoms with E-state index in [1.165, 1.54) is 23.8 Å². The van der Waals surface area contributed by atoms with E-state index in [1.54, 1.807) is 0 Å². The number of para-hydroxylation sites is 1. The van der Waals surface area contributed by atoms with Crippen molar-refractivity contribution in [3.63, 3.8) is 0 Å². The predicted octanol–water partition coefficient (Wildman–Crippen LogP) is 4.09. The zero-order valence-corrected chi connectivity index (χ0v) is 15.3. The smallest absolute Gasteiger partial charge is 0.134 e. The number of nitrogens with zero attached hydrogens (tertiary/aromatic N) is 2. The van der Waals surface area contributed by atoms with E-state index in [0.29, 0.717) is 11.2 Å². The molecule has 2 fully saturated rings. The lowest BCUT2D eigenvalue weighted by molar-refractivity contribution is 0.156. The second-order valence-corrected chi connectivity index (χ2v) is 6.49. The average Bonchev–Trinajstić information content (AvgIpc) is 3.34. The Labute approximate surface area is 154 Å². The predicted molar refractivity (Wildman–Crippen MR) is 101 cm³/mol. The van der Waals surface area contributed by atoms with Gasteiger partial charge in [0.1, 0.15) is 5.15 Å². The normalized spacial score (nSPS) is 19.7. The van der Waals surface area contributed by atoms with Crippen LogP contribution < -0.4 is 5.32 Å². The van der Waals surface area contributed by atoms with Gasteiger partial charge in [-0.3, -0.25) is 4.90 Å². The number of piperazine rings is 1. The lowest BCUT2D eigenvalue weighted by Gasteiger charge is -2.35. The van der Waals surface area contributed by atoms with E-state index in [-0.39, 0.29) is 24.8 Å². The topological polar surface area (TPSA) is 28.2 Å². The highest BCUT2D eigenvalue weighted by molar-refractivity contribution is 6.30. The Morgan fingerprint density at radius 2 is 1.83 bits per heavy atom. The number of hydrogen-bond acceptors (Lipinski definition) is 3. The van der Waals surface area contributed by atoms with E-state index in [4.69, 9.17) is 11.6 Å². The van der Waals surface area contributed by atoms with Gasteiger partial charge in [0.05, 0.1) is 5.52 Å². The molecule has 1 aromatic carbocycles. The highest BCUT2D eigenvalue weighted by Gasteiger charge is 2.38. The largest absolute Gasteiger partial charge is 0.314 e. The zero-order valence-electron chi connectivity index (χ0n) is 12.9. The summed E-state index contributed by atoms with van der Waals surface area (Å²) in [6.45, 7) is 4.35. The fourth-order valence-corrected chi connectivity index (χ4v) is 3.69. The van der Waals surface area contributed by atoms with E-state index in [9.17, 15) is 0 Å². The molecule has 1 aromatic heterocycles. The summed E-state index contributed by atoms with van der Waals surface area (Å²) in [5.41, 5.74) is 2.21. The number of aromatic nitrogens is 1. The van der Waals surface area contributed by atoms with Crippen LogP contribution in [0.15, 0.2) is 30.3 Å². The number of hydrogen-bond donors (Lipinski definition) is 1. The maximum atomic E-state index is 6.54. The van der Waals surface area contributed by atoms with Crippen molar-refractivity contribution >= 4 is 47.3 Å². The lowest BCUT2D eigenvalue weighted by Crippen LogP contribution is -2.45. The first-order valence-electron chi connectivity index (χ1n) is 7.83. The minimum Gasteiger partial charge on any atom is -0.314 e. The molecule has 1 atom stereocenters. The minimum absolute atomic E-state index is 0. The number of rotatable bonds is 3. The molecule has 0 spiro atoms. The summed E-state index contributed by atoms with van der Waals surface area (Å²) in [4.78, 5) is 7.21.